The van der Waals surface area contributed by atoms with Crippen LogP contribution in [-0.2, 0) is 0 Å². The molecule has 2 heterocycles. The zero-order valence-electron chi connectivity index (χ0n) is 12.1. The minimum absolute atomic E-state index is 0.0354. The zero-order chi connectivity index (χ0) is 15.0. The summed E-state index contributed by atoms with van der Waals surface area (Å²) in [6.07, 6.45) is 4.52. The highest BCUT2D eigenvalue weighted by molar-refractivity contribution is 14.1. The first kappa shape index (κ1) is 15.2. The molecule has 0 radical (unpaired) electrons. The zero-order valence-corrected chi connectivity index (χ0v) is 14.3. The topological polar surface area (TPSA) is 32.3 Å². The number of rotatable bonds is 3. The van der Waals surface area contributed by atoms with Crippen LogP contribution in [0.4, 0.5) is 4.39 Å². The summed E-state index contributed by atoms with van der Waals surface area (Å²) in [6, 6.07) is 5.83. The number of amides is 1. The van der Waals surface area contributed by atoms with Crippen LogP contribution < -0.4 is 5.32 Å². The Hall–Kier alpha value is -0.690. The number of hydrogen-bond donors (Lipinski definition) is 1. The van der Waals surface area contributed by atoms with Crippen LogP contribution in [0, 0.1) is 9.39 Å². The molecule has 114 valence electrons. The van der Waals surface area contributed by atoms with E-state index in [-0.39, 0.29) is 11.7 Å². The molecule has 3 nitrogen and oxygen atoms in total. The fraction of sp³-hybridized carbons (Fsp3) is 0.562. The van der Waals surface area contributed by atoms with Gasteiger partial charge in [-0.25, -0.2) is 4.39 Å². The van der Waals surface area contributed by atoms with E-state index >= 15 is 0 Å². The summed E-state index contributed by atoms with van der Waals surface area (Å²) in [5, 5.41) is 3.61. The van der Waals surface area contributed by atoms with Gasteiger partial charge in [-0.2, -0.15) is 0 Å². The predicted octanol–water partition coefficient (Wildman–Crippen LogP) is 3.18. The summed E-state index contributed by atoms with van der Waals surface area (Å²) in [4.78, 5) is 14.8. The lowest BCUT2D eigenvalue weighted by Gasteiger charge is -2.37. The van der Waals surface area contributed by atoms with Gasteiger partial charge in [0.15, 0.2) is 0 Å². The summed E-state index contributed by atoms with van der Waals surface area (Å²) in [5.41, 5.74) is 0.615. The lowest BCUT2D eigenvalue weighted by atomic mass is 9.97. The highest BCUT2D eigenvalue weighted by Crippen LogP contribution is 2.30. The lowest BCUT2D eigenvalue weighted by Crippen LogP contribution is -2.50. The van der Waals surface area contributed by atoms with Crippen LogP contribution in [0.1, 0.15) is 43.0 Å². The van der Waals surface area contributed by atoms with Crippen LogP contribution in [0.2, 0.25) is 0 Å². The van der Waals surface area contributed by atoms with Crippen LogP contribution in [0.25, 0.3) is 0 Å². The van der Waals surface area contributed by atoms with Gasteiger partial charge in [0.1, 0.15) is 5.82 Å². The van der Waals surface area contributed by atoms with Crippen molar-refractivity contribution in [1.82, 2.24) is 10.2 Å². The van der Waals surface area contributed by atoms with Crippen molar-refractivity contribution in [3.63, 3.8) is 0 Å². The van der Waals surface area contributed by atoms with Gasteiger partial charge in [-0.05, 0) is 73.4 Å². The van der Waals surface area contributed by atoms with Crippen LogP contribution in [0.3, 0.4) is 0 Å². The molecule has 0 aliphatic carbocycles. The van der Waals surface area contributed by atoms with Gasteiger partial charge in [0, 0.05) is 28.2 Å². The molecule has 5 heteroatoms. The Morgan fingerprint density at radius 1 is 1.38 bits per heavy atom. The van der Waals surface area contributed by atoms with Gasteiger partial charge in [0.05, 0.1) is 5.56 Å². The van der Waals surface area contributed by atoms with Gasteiger partial charge in [0.25, 0.3) is 5.91 Å². The minimum atomic E-state index is -0.293. The average molecular weight is 402 g/mol. The smallest absolute Gasteiger partial charge is 0.255 e. The Bertz CT molecular complexity index is 539. The second-order valence-electron chi connectivity index (χ2n) is 5.98. The van der Waals surface area contributed by atoms with E-state index in [4.69, 9.17) is 0 Å². The van der Waals surface area contributed by atoms with Gasteiger partial charge in [-0.15, -0.1) is 0 Å². The largest absolute Gasteiger partial charge is 0.336 e. The summed E-state index contributed by atoms with van der Waals surface area (Å²) < 4.78 is 13.9. The van der Waals surface area contributed by atoms with Gasteiger partial charge >= 0.3 is 0 Å². The maximum absolute atomic E-state index is 13.2. The fourth-order valence-electron chi connectivity index (χ4n) is 3.67. The quantitative estimate of drug-likeness (QED) is 0.788. The number of halogens is 2. The van der Waals surface area contributed by atoms with E-state index in [1.807, 2.05) is 34.4 Å². The molecule has 0 spiro atoms. The Balaban J connectivity index is 1.80. The Labute approximate surface area is 138 Å². The van der Waals surface area contributed by atoms with Crippen molar-refractivity contribution in [3.05, 3.63) is 33.1 Å². The molecule has 0 aromatic heterocycles. The first-order valence-corrected chi connectivity index (χ1v) is 8.68. The third-order valence-electron chi connectivity index (χ3n) is 4.65. The number of nitrogens with zero attached hydrogens (tertiary/aromatic N) is 1. The molecule has 2 unspecified atom stereocenters. The first-order valence-electron chi connectivity index (χ1n) is 7.60. The molecular weight excluding hydrogens is 382 g/mol. The number of benzene rings is 1. The maximum Gasteiger partial charge on any atom is 0.255 e. The molecule has 1 N–H and O–H groups in total. The Morgan fingerprint density at radius 3 is 2.62 bits per heavy atom. The van der Waals surface area contributed by atoms with E-state index in [0.717, 1.165) is 12.8 Å². The van der Waals surface area contributed by atoms with Crippen molar-refractivity contribution in [2.45, 2.75) is 50.7 Å². The molecule has 2 atom stereocenters. The maximum atomic E-state index is 13.2. The minimum Gasteiger partial charge on any atom is -0.336 e. The number of nitrogens with one attached hydrogen (secondary N) is 1. The molecule has 2 fully saturated rings. The van der Waals surface area contributed by atoms with Gasteiger partial charge in [0.2, 0.25) is 0 Å². The second-order valence-corrected chi connectivity index (χ2v) is 7.14. The number of piperidine rings is 1. The van der Waals surface area contributed by atoms with Crippen LogP contribution in [-0.4, -0.2) is 35.5 Å². The standard InChI is InChI=1S/C16H20FIN2O/c1-2-20(13-8-11-4-5-12(9-13)19-11)16(21)14-6-3-10(17)7-15(14)18/h3,6-7,11-13,19H,2,4-5,8-9H2,1H3. The van der Waals surface area contributed by atoms with E-state index in [0.29, 0.717) is 33.8 Å². The molecule has 1 amide bonds. The number of hydrogen-bond acceptors (Lipinski definition) is 2. The molecular formula is C16H20FIN2O. The fourth-order valence-corrected chi connectivity index (χ4v) is 4.37. The first-order chi connectivity index (χ1) is 10.1. The molecule has 3 rings (SSSR count). The van der Waals surface area contributed by atoms with Crippen molar-refractivity contribution < 1.29 is 9.18 Å². The molecule has 21 heavy (non-hydrogen) atoms. The van der Waals surface area contributed by atoms with E-state index in [2.05, 4.69) is 5.32 Å². The van der Waals surface area contributed by atoms with Crippen LogP contribution in [0.5, 0.6) is 0 Å². The molecule has 2 aliphatic heterocycles. The highest BCUT2D eigenvalue weighted by atomic mass is 127. The van der Waals surface area contributed by atoms with E-state index < -0.39 is 0 Å². The summed E-state index contributed by atoms with van der Waals surface area (Å²) in [5.74, 6) is -0.257. The molecule has 2 saturated heterocycles. The summed E-state index contributed by atoms with van der Waals surface area (Å²) in [6.45, 7) is 2.73. The second kappa shape index (κ2) is 6.20. The van der Waals surface area contributed by atoms with Crippen LogP contribution >= 0.6 is 22.6 Å². The molecule has 1 aromatic rings. The SMILES string of the molecule is CCN(C(=O)c1ccc(F)cc1I)C1CC2CCC(C1)N2. The third-order valence-corrected chi connectivity index (χ3v) is 5.54. The van der Waals surface area contributed by atoms with Gasteiger partial charge in [-0.3, -0.25) is 4.79 Å². The summed E-state index contributed by atoms with van der Waals surface area (Å²) >= 11 is 2.04. The van der Waals surface area contributed by atoms with Crippen molar-refractivity contribution in [1.29, 1.82) is 0 Å². The Kier molecular flexibility index (Phi) is 4.49. The number of carbonyl (C=O) groups is 1. The van der Waals surface area contributed by atoms with Crippen LogP contribution in [0.15, 0.2) is 18.2 Å². The number of carbonyl (C=O) groups excluding carboxylic acids is 1. The van der Waals surface area contributed by atoms with E-state index in [9.17, 15) is 9.18 Å². The lowest BCUT2D eigenvalue weighted by molar-refractivity contribution is 0.0630. The molecule has 2 aliphatic rings. The van der Waals surface area contributed by atoms with Crippen molar-refractivity contribution in [3.8, 4) is 0 Å². The Morgan fingerprint density at radius 2 is 2.05 bits per heavy atom. The third kappa shape index (κ3) is 3.08. The van der Waals surface area contributed by atoms with Gasteiger partial charge < -0.3 is 10.2 Å². The van der Waals surface area contributed by atoms with Crippen molar-refractivity contribution in [2.24, 2.45) is 0 Å². The van der Waals surface area contributed by atoms with Crippen molar-refractivity contribution in [2.75, 3.05) is 6.54 Å². The normalized spacial score (nSPS) is 27.7. The van der Waals surface area contributed by atoms with Gasteiger partial charge in [-0.1, -0.05) is 0 Å². The van der Waals surface area contributed by atoms with E-state index in [1.165, 1.54) is 25.0 Å². The summed E-state index contributed by atoms with van der Waals surface area (Å²) in [7, 11) is 0. The molecule has 2 bridgehead atoms. The van der Waals surface area contributed by atoms with E-state index in [1.54, 1.807) is 6.07 Å². The average Bonchev–Trinajstić information content (AvgIpc) is 2.78. The molecule has 0 saturated carbocycles. The predicted molar refractivity (Wildman–Crippen MR) is 88.8 cm³/mol. The molecule has 1 aromatic carbocycles. The highest BCUT2D eigenvalue weighted by Gasteiger charge is 2.37. The van der Waals surface area contributed by atoms with Crippen molar-refractivity contribution >= 4 is 28.5 Å². The monoisotopic (exact) mass is 402 g/mol. The number of fused-ring (bicyclic) bond motifs is 2.